The maximum atomic E-state index is 11.7. The van der Waals surface area contributed by atoms with Gasteiger partial charge >= 0.3 is 6.09 Å². The fourth-order valence-corrected chi connectivity index (χ4v) is 3.22. The molecular weight excluding hydrogens is 268 g/mol. The van der Waals surface area contributed by atoms with Crippen molar-refractivity contribution >= 4 is 6.09 Å². The SMILES string of the molecule is CC1CC(NC2CC(NC(=O)OC(C)(C)C)C2)CC(C)O1. The van der Waals surface area contributed by atoms with Crippen LogP contribution in [0.1, 0.15) is 60.3 Å². The lowest BCUT2D eigenvalue weighted by Crippen LogP contribution is -2.56. The summed E-state index contributed by atoms with van der Waals surface area (Å²) in [5, 5.41) is 6.63. The van der Waals surface area contributed by atoms with Gasteiger partial charge in [-0.2, -0.15) is 0 Å². The van der Waals surface area contributed by atoms with Crippen molar-refractivity contribution in [1.29, 1.82) is 0 Å². The van der Waals surface area contributed by atoms with Crippen LogP contribution in [0, 0.1) is 0 Å². The Labute approximate surface area is 128 Å². The van der Waals surface area contributed by atoms with Crippen LogP contribution in [-0.2, 0) is 9.47 Å². The van der Waals surface area contributed by atoms with Gasteiger partial charge in [-0.05, 0) is 60.3 Å². The minimum atomic E-state index is -0.431. The van der Waals surface area contributed by atoms with Crippen molar-refractivity contribution in [2.24, 2.45) is 0 Å². The molecule has 2 aliphatic rings. The lowest BCUT2D eigenvalue weighted by atomic mass is 9.85. The smallest absolute Gasteiger partial charge is 0.407 e. The van der Waals surface area contributed by atoms with Gasteiger partial charge in [-0.1, -0.05) is 0 Å². The molecule has 2 N–H and O–H groups in total. The van der Waals surface area contributed by atoms with Gasteiger partial charge in [0.05, 0.1) is 12.2 Å². The molecule has 5 heteroatoms. The van der Waals surface area contributed by atoms with E-state index in [2.05, 4.69) is 24.5 Å². The highest BCUT2D eigenvalue weighted by molar-refractivity contribution is 5.68. The minimum Gasteiger partial charge on any atom is -0.444 e. The second-order valence-electron chi connectivity index (χ2n) is 7.60. The van der Waals surface area contributed by atoms with Crippen molar-refractivity contribution in [1.82, 2.24) is 10.6 Å². The highest BCUT2D eigenvalue weighted by Crippen LogP contribution is 2.25. The summed E-state index contributed by atoms with van der Waals surface area (Å²) in [6.45, 7) is 9.91. The van der Waals surface area contributed by atoms with E-state index in [1.807, 2.05) is 20.8 Å². The van der Waals surface area contributed by atoms with E-state index in [0.29, 0.717) is 24.3 Å². The molecule has 2 unspecified atom stereocenters. The van der Waals surface area contributed by atoms with E-state index in [9.17, 15) is 4.79 Å². The van der Waals surface area contributed by atoms with Crippen molar-refractivity contribution in [3.8, 4) is 0 Å². The van der Waals surface area contributed by atoms with Crippen LogP contribution >= 0.6 is 0 Å². The van der Waals surface area contributed by atoms with Gasteiger partial charge in [0.1, 0.15) is 5.60 Å². The van der Waals surface area contributed by atoms with E-state index in [1.54, 1.807) is 0 Å². The summed E-state index contributed by atoms with van der Waals surface area (Å²) in [5.41, 5.74) is -0.431. The zero-order valence-corrected chi connectivity index (χ0v) is 13.9. The minimum absolute atomic E-state index is 0.243. The first kappa shape index (κ1) is 16.6. The molecular formula is C16H30N2O3. The summed E-state index contributed by atoms with van der Waals surface area (Å²) in [5.74, 6) is 0. The number of ether oxygens (including phenoxy) is 2. The average molecular weight is 298 g/mol. The van der Waals surface area contributed by atoms with Gasteiger partial charge in [0, 0.05) is 18.1 Å². The van der Waals surface area contributed by atoms with Crippen LogP contribution < -0.4 is 10.6 Å². The van der Waals surface area contributed by atoms with Crippen LogP contribution in [0.5, 0.6) is 0 Å². The maximum absolute atomic E-state index is 11.7. The van der Waals surface area contributed by atoms with Crippen LogP contribution in [-0.4, -0.2) is 42.0 Å². The standard InChI is InChI=1S/C16H30N2O3/c1-10-6-12(7-11(2)20-10)17-13-8-14(9-13)18-15(19)21-16(3,4)5/h10-14,17H,6-9H2,1-5H3,(H,18,19). The van der Waals surface area contributed by atoms with Crippen molar-refractivity contribution < 1.29 is 14.3 Å². The van der Waals surface area contributed by atoms with E-state index >= 15 is 0 Å². The van der Waals surface area contributed by atoms with Gasteiger partial charge in [-0.25, -0.2) is 4.79 Å². The summed E-state index contributed by atoms with van der Waals surface area (Å²) >= 11 is 0. The molecule has 1 saturated heterocycles. The van der Waals surface area contributed by atoms with Gasteiger partial charge in [0.2, 0.25) is 0 Å². The lowest BCUT2D eigenvalue weighted by Gasteiger charge is -2.41. The third kappa shape index (κ3) is 5.47. The fourth-order valence-electron chi connectivity index (χ4n) is 3.22. The average Bonchev–Trinajstić information content (AvgIpc) is 2.21. The van der Waals surface area contributed by atoms with Gasteiger partial charge in [0.15, 0.2) is 0 Å². The number of hydrogen-bond donors (Lipinski definition) is 2. The molecule has 1 aliphatic carbocycles. The third-order valence-electron chi connectivity index (χ3n) is 4.03. The number of amides is 1. The molecule has 0 aromatic carbocycles. The quantitative estimate of drug-likeness (QED) is 0.841. The van der Waals surface area contributed by atoms with Gasteiger partial charge in [-0.15, -0.1) is 0 Å². The van der Waals surface area contributed by atoms with Crippen LogP contribution in [0.4, 0.5) is 4.79 Å². The Kier molecular flexibility index (Phi) is 5.15. The van der Waals surface area contributed by atoms with E-state index in [0.717, 1.165) is 25.7 Å². The molecule has 0 spiro atoms. The molecule has 1 heterocycles. The summed E-state index contributed by atoms with van der Waals surface area (Å²) in [7, 11) is 0. The molecule has 0 aromatic rings. The fraction of sp³-hybridized carbons (Fsp3) is 0.938. The molecule has 1 aliphatic heterocycles. The van der Waals surface area contributed by atoms with Crippen LogP contribution in [0.2, 0.25) is 0 Å². The largest absolute Gasteiger partial charge is 0.444 e. The molecule has 21 heavy (non-hydrogen) atoms. The van der Waals surface area contributed by atoms with E-state index in [4.69, 9.17) is 9.47 Å². The van der Waals surface area contributed by atoms with Crippen LogP contribution in [0.25, 0.3) is 0 Å². The number of carbonyl (C=O) groups is 1. The Bertz CT molecular complexity index is 351. The van der Waals surface area contributed by atoms with Crippen molar-refractivity contribution in [2.45, 2.75) is 96.2 Å². The predicted molar refractivity (Wildman–Crippen MR) is 82.3 cm³/mol. The van der Waals surface area contributed by atoms with E-state index in [1.165, 1.54) is 0 Å². The molecule has 5 nitrogen and oxygen atoms in total. The first-order valence-corrected chi connectivity index (χ1v) is 8.12. The molecule has 2 fully saturated rings. The molecule has 0 aromatic heterocycles. The van der Waals surface area contributed by atoms with Gasteiger partial charge in [-0.3, -0.25) is 0 Å². The monoisotopic (exact) mass is 298 g/mol. The van der Waals surface area contributed by atoms with Crippen LogP contribution in [0.3, 0.4) is 0 Å². The Morgan fingerprint density at radius 2 is 1.52 bits per heavy atom. The zero-order valence-electron chi connectivity index (χ0n) is 13.9. The van der Waals surface area contributed by atoms with E-state index < -0.39 is 5.60 Å². The third-order valence-corrected chi connectivity index (χ3v) is 4.03. The maximum Gasteiger partial charge on any atom is 0.407 e. The molecule has 2 atom stereocenters. The summed E-state index contributed by atoms with van der Waals surface area (Å²) in [6, 6.07) is 1.29. The zero-order chi connectivity index (χ0) is 15.6. The highest BCUT2D eigenvalue weighted by atomic mass is 16.6. The van der Waals surface area contributed by atoms with E-state index in [-0.39, 0.29) is 12.1 Å². The number of hydrogen-bond acceptors (Lipinski definition) is 4. The summed E-state index contributed by atoms with van der Waals surface area (Å²) in [6.07, 6.45) is 4.48. The first-order valence-electron chi connectivity index (χ1n) is 8.12. The summed E-state index contributed by atoms with van der Waals surface area (Å²) < 4.78 is 11.0. The molecule has 2 rings (SSSR count). The van der Waals surface area contributed by atoms with Crippen molar-refractivity contribution in [2.75, 3.05) is 0 Å². The van der Waals surface area contributed by atoms with Gasteiger partial charge in [0.25, 0.3) is 0 Å². The normalized spacial score (nSPS) is 36.7. The molecule has 0 bridgehead atoms. The number of rotatable bonds is 3. The predicted octanol–water partition coefficient (Wildman–Crippen LogP) is 2.59. The first-order chi connectivity index (χ1) is 9.71. The second kappa shape index (κ2) is 6.53. The Balaban J connectivity index is 1.64. The summed E-state index contributed by atoms with van der Waals surface area (Å²) in [4.78, 5) is 11.7. The Morgan fingerprint density at radius 3 is 2.05 bits per heavy atom. The van der Waals surface area contributed by atoms with Crippen molar-refractivity contribution in [3.05, 3.63) is 0 Å². The number of alkyl carbamates (subject to hydrolysis) is 1. The lowest BCUT2D eigenvalue weighted by molar-refractivity contribution is -0.0454. The Morgan fingerprint density at radius 1 is 1.00 bits per heavy atom. The van der Waals surface area contributed by atoms with Gasteiger partial charge < -0.3 is 20.1 Å². The Hall–Kier alpha value is -0.810. The van der Waals surface area contributed by atoms with Crippen LogP contribution in [0.15, 0.2) is 0 Å². The number of nitrogens with one attached hydrogen (secondary N) is 2. The highest BCUT2D eigenvalue weighted by Gasteiger charge is 2.34. The number of carbonyl (C=O) groups excluding carboxylic acids is 1. The topological polar surface area (TPSA) is 59.6 Å². The van der Waals surface area contributed by atoms with Crippen molar-refractivity contribution in [3.63, 3.8) is 0 Å². The second-order valence-corrected chi connectivity index (χ2v) is 7.60. The molecule has 1 saturated carbocycles. The molecule has 122 valence electrons. The molecule has 1 amide bonds. The molecule has 0 radical (unpaired) electrons.